The van der Waals surface area contributed by atoms with Crippen LogP contribution in [0.1, 0.15) is 10.5 Å². The lowest BCUT2D eigenvalue weighted by molar-refractivity contribution is -0.119. The Morgan fingerprint density at radius 3 is 2.53 bits per heavy atom. The second-order valence-corrected chi connectivity index (χ2v) is 3.74. The van der Waals surface area contributed by atoms with Gasteiger partial charge in [-0.3, -0.25) is 14.4 Å². The van der Waals surface area contributed by atoms with E-state index in [1.165, 1.54) is 12.1 Å². The maximum Gasteiger partial charge on any atom is 0.274 e. The number of H-pyrrole nitrogens is 1. The molecule has 0 saturated carbocycles. The highest BCUT2D eigenvalue weighted by Gasteiger charge is 2.22. The molecule has 0 spiro atoms. The Kier molecular flexibility index (Phi) is 3.17. The van der Waals surface area contributed by atoms with Crippen LogP contribution in [0.5, 0.6) is 0 Å². The number of hydrogen-bond donors (Lipinski definition) is 1. The van der Waals surface area contributed by atoms with Gasteiger partial charge >= 0.3 is 0 Å². The van der Waals surface area contributed by atoms with Crippen LogP contribution in [0.15, 0.2) is 16.9 Å². The van der Waals surface area contributed by atoms with E-state index in [9.17, 15) is 14.4 Å². The van der Waals surface area contributed by atoms with Crippen molar-refractivity contribution in [3.8, 4) is 0 Å². The topological polar surface area (TPSA) is 86.4 Å². The summed E-state index contributed by atoms with van der Waals surface area (Å²) in [6.45, 7) is 2.02. The highest BCUT2D eigenvalue weighted by atomic mass is 16.2. The van der Waals surface area contributed by atoms with E-state index in [0.29, 0.717) is 26.2 Å². The molecular formula is C10H12N4O3. The molecular weight excluding hydrogens is 224 g/mol. The Morgan fingerprint density at radius 2 is 2.00 bits per heavy atom. The molecule has 0 atom stereocenters. The van der Waals surface area contributed by atoms with Gasteiger partial charge in [0.15, 0.2) is 0 Å². The van der Waals surface area contributed by atoms with Crippen LogP contribution in [0.3, 0.4) is 0 Å². The number of nitrogens with zero attached hydrogens (tertiary/aromatic N) is 3. The van der Waals surface area contributed by atoms with E-state index in [1.54, 1.807) is 9.80 Å². The predicted octanol–water partition coefficient (Wildman–Crippen LogP) is -1.32. The molecule has 7 heteroatoms. The number of piperazine rings is 1. The first-order chi connectivity index (χ1) is 8.20. The smallest absolute Gasteiger partial charge is 0.274 e. The first kappa shape index (κ1) is 11.3. The molecule has 2 amide bonds. The van der Waals surface area contributed by atoms with E-state index in [2.05, 4.69) is 10.2 Å². The number of nitrogens with one attached hydrogen (secondary N) is 1. The zero-order chi connectivity index (χ0) is 12.3. The number of carbonyl (C=O) groups is 2. The zero-order valence-corrected chi connectivity index (χ0v) is 9.13. The summed E-state index contributed by atoms with van der Waals surface area (Å²) in [6, 6.07) is 2.66. The maximum absolute atomic E-state index is 11.9. The normalized spacial score (nSPS) is 15.8. The van der Waals surface area contributed by atoms with Crippen molar-refractivity contribution in [2.75, 3.05) is 26.2 Å². The van der Waals surface area contributed by atoms with Gasteiger partial charge in [-0.2, -0.15) is 5.10 Å². The van der Waals surface area contributed by atoms with E-state index in [-0.39, 0.29) is 17.2 Å². The van der Waals surface area contributed by atoms with Gasteiger partial charge in [0.1, 0.15) is 5.69 Å². The molecule has 1 aromatic heterocycles. The fourth-order valence-corrected chi connectivity index (χ4v) is 1.66. The van der Waals surface area contributed by atoms with Gasteiger partial charge in [-0.05, 0) is 6.07 Å². The Balaban J connectivity index is 2.04. The lowest BCUT2D eigenvalue weighted by Crippen LogP contribution is -2.48. The van der Waals surface area contributed by atoms with Gasteiger partial charge in [0.2, 0.25) is 6.41 Å². The molecule has 0 unspecified atom stereocenters. The number of rotatable bonds is 2. The van der Waals surface area contributed by atoms with E-state index in [4.69, 9.17) is 0 Å². The molecule has 0 radical (unpaired) electrons. The van der Waals surface area contributed by atoms with E-state index >= 15 is 0 Å². The Bertz CT molecular complexity index is 456. The van der Waals surface area contributed by atoms with Crippen LogP contribution in [0.2, 0.25) is 0 Å². The average Bonchev–Trinajstić information content (AvgIpc) is 2.39. The maximum atomic E-state index is 11.9. The van der Waals surface area contributed by atoms with Crippen LogP contribution in [0.25, 0.3) is 0 Å². The summed E-state index contributed by atoms with van der Waals surface area (Å²) in [4.78, 5) is 36.5. The quantitative estimate of drug-likeness (QED) is 0.645. The van der Waals surface area contributed by atoms with Crippen LogP contribution < -0.4 is 5.56 Å². The van der Waals surface area contributed by atoms with Gasteiger partial charge in [-0.25, -0.2) is 5.10 Å². The summed E-state index contributed by atoms with van der Waals surface area (Å²) < 4.78 is 0. The van der Waals surface area contributed by atoms with Crippen molar-refractivity contribution in [1.82, 2.24) is 20.0 Å². The third-order valence-corrected chi connectivity index (χ3v) is 2.65. The van der Waals surface area contributed by atoms with Crippen molar-refractivity contribution in [3.63, 3.8) is 0 Å². The number of carbonyl (C=O) groups excluding carboxylic acids is 2. The van der Waals surface area contributed by atoms with Gasteiger partial charge in [0.05, 0.1) is 0 Å². The molecule has 1 saturated heterocycles. The summed E-state index contributed by atoms with van der Waals surface area (Å²) >= 11 is 0. The summed E-state index contributed by atoms with van der Waals surface area (Å²) in [6.07, 6.45) is 0.778. The van der Waals surface area contributed by atoms with Crippen LogP contribution in [-0.4, -0.2) is 58.5 Å². The number of aromatic amines is 1. The molecule has 1 aliphatic rings. The minimum absolute atomic E-state index is 0.212. The Morgan fingerprint density at radius 1 is 1.29 bits per heavy atom. The fraction of sp³-hybridized carbons (Fsp3) is 0.400. The van der Waals surface area contributed by atoms with Crippen molar-refractivity contribution in [2.45, 2.75) is 0 Å². The SMILES string of the molecule is O=CN1CCN(C(=O)c2ccc(=O)[nH]n2)CC1. The van der Waals surface area contributed by atoms with Crippen molar-refractivity contribution >= 4 is 12.3 Å². The largest absolute Gasteiger partial charge is 0.342 e. The van der Waals surface area contributed by atoms with Crippen molar-refractivity contribution < 1.29 is 9.59 Å². The van der Waals surface area contributed by atoms with Crippen LogP contribution in [0.4, 0.5) is 0 Å². The number of hydrogen-bond acceptors (Lipinski definition) is 4. The predicted molar refractivity (Wildman–Crippen MR) is 58.4 cm³/mol. The second kappa shape index (κ2) is 4.77. The first-order valence-corrected chi connectivity index (χ1v) is 5.25. The molecule has 1 N–H and O–H groups in total. The zero-order valence-electron chi connectivity index (χ0n) is 9.13. The minimum Gasteiger partial charge on any atom is -0.342 e. The van der Waals surface area contributed by atoms with E-state index in [0.717, 1.165) is 6.41 Å². The molecule has 1 aliphatic heterocycles. The number of amides is 2. The van der Waals surface area contributed by atoms with Crippen LogP contribution >= 0.6 is 0 Å². The molecule has 0 aliphatic carbocycles. The Hall–Kier alpha value is -2.18. The van der Waals surface area contributed by atoms with Gasteiger partial charge in [-0.15, -0.1) is 0 Å². The molecule has 2 heterocycles. The van der Waals surface area contributed by atoms with Gasteiger partial charge in [0.25, 0.3) is 11.5 Å². The summed E-state index contributed by atoms with van der Waals surface area (Å²) in [5.74, 6) is -0.230. The lowest BCUT2D eigenvalue weighted by atomic mass is 10.3. The second-order valence-electron chi connectivity index (χ2n) is 3.74. The van der Waals surface area contributed by atoms with E-state index < -0.39 is 0 Å². The molecule has 1 aromatic rings. The molecule has 17 heavy (non-hydrogen) atoms. The standard InChI is InChI=1S/C10H12N4O3/c15-7-13-3-5-14(6-4-13)10(17)8-1-2-9(16)12-11-8/h1-2,7H,3-6H2,(H,12,16). The molecule has 1 fully saturated rings. The highest BCUT2D eigenvalue weighted by molar-refractivity contribution is 5.92. The number of aromatic nitrogens is 2. The first-order valence-electron chi connectivity index (χ1n) is 5.25. The van der Waals surface area contributed by atoms with Crippen molar-refractivity contribution in [3.05, 3.63) is 28.2 Å². The van der Waals surface area contributed by atoms with Crippen molar-refractivity contribution in [2.24, 2.45) is 0 Å². The van der Waals surface area contributed by atoms with Crippen LogP contribution in [-0.2, 0) is 4.79 Å². The van der Waals surface area contributed by atoms with Gasteiger partial charge < -0.3 is 9.80 Å². The molecule has 90 valence electrons. The monoisotopic (exact) mass is 236 g/mol. The summed E-state index contributed by atoms with van der Waals surface area (Å²) in [5, 5.41) is 5.90. The van der Waals surface area contributed by atoms with Gasteiger partial charge in [0, 0.05) is 32.2 Å². The lowest BCUT2D eigenvalue weighted by Gasteiger charge is -2.32. The van der Waals surface area contributed by atoms with Gasteiger partial charge in [-0.1, -0.05) is 0 Å². The summed E-state index contributed by atoms with van der Waals surface area (Å²) in [5.41, 5.74) is -0.128. The summed E-state index contributed by atoms with van der Waals surface area (Å²) in [7, 11) is 0. The third-order valence-electron chi connectivity index (χ3n) is 2.65. The highest BCUT2D eigenvalue weighted by Crippen LogP contribution is 2.04. The molecule has 0 aromatic carbocycles. The Labute approximate surface area is 97.0 Å². The molecule has 0 bridgehead atoms. The molecule has 2 rings (SSSR count). The minimum atomic E-state index is -0.340. The van der Waals surface area contributed by atoms with E-state index in [1.807, 2.05) is 0 Å². The fourth-order valence-electron chi connectivity index (χ4n) is 1.66. The average molecular weight is 236 g/mol. The third kappa shape index (κ3) is 2.49. The van der Waals surface area contributed by atoms with Crippen LogP contribution in [0, 0.1) is 0 Å². The molecule has 7 nitrogen and oxygen atoms in total. The van der Waals surface area contributed by atoms with Crippen molar-refractivity contribution in [1.29, 1.82) is 0 Å².